The molecule has 5 nitrogen and oxygen atoms in total. The van der Waals surface area contributed by atoms with E-state index in [-0.39, 0.29) is 4.90 Å². The highest BCUT2D eigenvalue weighted by molar-refractivity contribution is 7.98. The van der Waals surface area contributed by atoms with Gasteiger partial charge in [0.15, 0.2) is 0 Å². The molecule has 2 N–H and O–H groups in total. The Hall–Kier alpha value is -0.530. The van der Waals surface area contributed by atoms with E-state index in [0.29, 0.717) is 0 Å². The van der Waals surface area contributed by atoms with Crippen LogP contribution in [0.25, 0.3) is 0 Å². The van der Waals surface area contributed by atoms with E-state index in [2.05, 4.69) is 5.10 Å². The molecule has 80 valence electrons. The maximum absolute atomic E-state index is 10.9. The zero-order chi connectivity index (χ0) is 10.6. The molecule has 1 heterocycles. The minimum atomic E-state index is -3.60. The number of aromatic nitrogens is 2. The minimum absolute atomic E-state index is 0.0710. The monoisotopic (exact) mass is 235 g/mol. The molecule has 0 aliphatic carbocycles. The molecule has 14 heavy (non-hydrogen) atoms. The number of nitrogens with zero attached hydrogens (tertiary/aromatic N) is 2. The fourth-order valence-corrected chi connectivity index (χ4v) is 1.87. The zero-order valence-corrected chi connectivity index (χ0v) is 9.51. The lowest BCUT2D eigenvalue weighted by Crippen LogP contribution is -2.11. The summed E-state index contributed by atoms with van der Waals surface area (Å²) in [5, 5.41) is 8.84. The van der Waals surface area contributed by atoms with E-state index in [4.69, 9.17) is 5.14 Å². The van der Waals surface area contributed by atoms with Crippen LogP contribution in [-0.4, -0.2) is 30.2 Å². The van der Waals surface area contributed by atoms with Crippen LogP contribution in [0.2, 0.25) is 0 Å². The topological polar surface area (TPSA) is 78.0 Å². The lowest BCUT2D eigenvalue weighted by Gasteiger charge is -1.98. The number of sulfonamides is 1. The van der Waals surface area contributed by atoms with Crippen molar-refractivity contribution < 1.29 is 8.42 Å². The van der Waals surface area contributed by atoms with Crippen LogP contribution in [0.15, 0.2) is 17.3 Å². The molecule has 0 atom stereocenters. The number of nitrogens with two attached hydrogens (primary N) is 1. The van der Waals surface area contributed by atoms with Crippen molar-refractivity contribution in [1.82, 2.24) is 9.78 Å². The van der Waals surface area contributed by atoms with Gasteiger partial charge in [0.25, 0.3) is 0 Å². The van der Waals surface area contributed by atoms with Gasteiger partial charge in [0.2, 0.25) is 10.0 Å². The first-order chi connectivity index (χ1) is 6.54. The summed E-state index contributed by atoms with van der Waals surface area (Å²) in [6, 6.07) is 0. The van der Waals surface area contributed by atoms with Crippen molar-refractivity contribution in [2.24, 2.45) is 5.14 Å². The van der Waals surface area contributed by atoms with Gasteiger partial charge in [-0.3, -0.25) is 4.68 Å². The van der Waals surface area contributed by atoms with Gasteiger partial charge < -0.3 is 0 Å². The molecular weight excluding hydrogens is 222 g/mol. The number of aryl methyl sites for hydroxylation is 1. The highest BCUT2D eigenvalue weighted by Gasteiger charge is 2.09. The molecule has 7 heteroatoms. The zero-order valence-electron chi connectivity index (χ0n) is 7.88. The summed E-state index contributed by atoms with van der Waals surface area (Å²) in [5.74, 6) is 1.03. The molecule has 0 bridgehead atoms. The van der Waals surface area contributed by atoms with Crippen molar-refractivity contribution in [3.63, 3.8) is 0 Å². The van der Waals surface area contributed by atoms with Gasteiger partial charge in [0.1, 0.15) is 4.90 Å². The first-order valence-electron chi connectivity index (χ1n) is 4.08. The standard InChI is InChI=1S/C7H13N3O2S2/c1-13-4-2-3-10-6-7(5-9-10)14(8,11)12/h5-6H,2-4H2,1H3,(H2,8,11,12). The lowest BCUT2D eigenvalue weighted by atomic mass is 10.5. The molecule has 1 aromatic heterocycles. The van der Waals surface area contributed by atoms with Gasteiger partial charge in [-0.25, -0.2) is 13.6 Å². The van der Waals surface area contributed by atoms with Crippen LogP contribution in [0.4, 0.5) is 0 Å². The highest BCUT2D eigenvalue weighted by atomic mass is 32.2. The molecule has 0 radical (unpaired) electrons. The third-order valence-corrected chi connectivity index (χ3v) is 3.24. The number of hydrogen-bond acceptors (Lipinski definition) is 4. The molecule has 0 saturated heterocycles. The second kappa shape index (κ2) is 4.81. The fourth-order valence-electron chi connectivity index (χ4n) is 0.985. The number of hydrogen-bond donors (Lipinski definition) is 1. The average Bonchev–Trinajstić information content (AvgIpc) is 2.52. The van der Waals surface area contributed by atoms with Crippen molar-refractivity contribution >= 4 is 21.8 Å². The summed E-state index contributed by atoms with van der Waals surface area (Å²) in [6.07, 6.45) is 5.72. The van der Waals surface area contributed by atoms with Gasteiger partial charge in [-0.05, 0) is 18.4 Å². The summed E-state index contributed by atoms with van der Waals surface area (Å²) in [7, 11) is -3.60. The largest absolute Gasteiger partial charge is 0.271 e. The van der Waals surface area contributed by atoms with Crippen molar-refractivity contribution in [2.45, 2.75) is 17.9 Å². The first-order valence-corrected chi connectivity index (χ1v) is 7.02. The molecule has 0 aliphatic rings. The van der Waals surface area contributed by atoms with Gasteiger partial charge in [-0.2, -0.15) is 16.9 Å². The van der Waals surface area contributed by atoms with Gasteiger partial charge in [0, 0.05) is 12.7 Å². The summed E-state index contributed by atoms with van der Waals surface area (Å²) < 4.78 is 23.4. The molecule has 0 aromatic carbocycles. The van der Waals surface area contributed by atoms with E-state index < -0.39 is 10.0 Å². The minimum Gasteiger partial charge on any atom is -0.271 e. The maximum Gasteiger partial charge on any atom is 0.241 e. The molecule has 0 fully saturated rings. The molecule has 1 rings (SSSR count). The predicted octanol–water partition coefficient (Wildman–Crippen LogP) is 0.284. The quantitative estimate of drug-likeness (QED) is 0.744. The smallest absolute Gasteiger partial charge is 0.241 e. The molecule has 0 spiro atoms. The second-order valence-electron chi connectivity index (χ2n) is 2.83. The van der Waals surface area contributed by atoms with Crippen molar-refractivity contribution in [3.05, 3.63) is 12.4 Å². The van der Waals surface area contributed by atoms with Crippen LogP contribution in [0.3, 0.4) is 0 Å². The Morgan fingerprint density at radius 3 is 2.86 bits per heavy atom. The Balaban J connectivity index is 2.60. The maximum atomic E-state index is 10.9. The molecule has 0 amide bonds. The Bertz CT molecular complexity index is 385. The number of primary sulfonamides is 1. The van der Waals surface area contributed by atoms with E-state index >= 15 is 0 Å². The van der Waals surface area contributed by atoms with Crippen molar-refractivity contribution in [3.8, 4) is 0 Å². The molecule has 0 aliphatic heterocycles. The Morgan fingerprint density at radius 1 is 1.64 bits per heavy atom. The predicted molar refractivity (Wildman–Crippen MR) is 56.6 cm³/mol. The van der Waals surface area contributed by atoms with Crippen LogP contribution in [0.1, 0.15) is 6.42 Å². The molecule has 0 unspecified atom stereocenters. The summed E-state index contributed by atoms with van der Waals surface area (Å²) in [5.41, 5.74) is 0. The van der Waals surface area contributed by atoms with Gasteiger partial charge >= 0.3 is 0 Å². The molecular formula is C7H13N3O2S2. The first kappa shape index (κ1) is 11.5. The normalized spacial score (nSPS) is 11.9. The Morgan fingerprint density at radius 2 is 2.36 bits per heavy atom. The Kier molecular flexibility index (Phi) is 3.97. The summed E-state index contributed by atoms with van der Waals surface area (Å²) in [4.78, 5) is 0.0710. The summed E-state index contributed by atoms with van der Waals surface area (Å²) >= 11 is 1.75. The summed E-state index contributed by atoms with van der Waals surface area (Å²) in [6.45, 7) is 0.719. The van der Waals surface area contributed by atoms with Crippen LogP contribution >= 0.6 is 11.8 Å². The third-order valence-electron chi connectivity index (χ3n) is 1.67. The van der Waals surface area contributed by atoms with E-state index in [1.54, 1.807) is 16.4 Å². The van der Waals surface area contributed by atoms with E-state index in [1.807, 2.05) is 6.26 Å². The highest BCUT2D eigenvalue weighted by Crippen LogP contribution is 2.05. The average molecular weight is 235 g/mol. The van der Waals surface area contributed by atoms with Crippen molar-refractivity contribution in [2.75, 3.05) is 12.0 Å². The van der Waals surface area contributed by atoms with Gasteiger partial charge in [-0.15, -0.1) is 0 Å². The number of thioether (sulfide) groups is 1. The number of rotatable bonds is 5. The van der Waals surface area contributed by atoms with E-state index in [1.165, 1.54) is 12.4 Å². The van der Waals surface area contributed by atoms with Crippen molar-refractivity contribution in [1.29, 1.82) is 0 Å². The van der Waals surface area contributed by atoms with Crippen LogP contribution < -0.4 is 5.14 Å². The lowest BCUT2D eigenvalue weighted by molar-refractivity contribution is 0.594. The third kappa shape index (κ3) is 3.32. The van der Waals surface area contributed by atoms with Crippen LogP contribution in [0, 0.1) is 0 Å². The fraction of sp³-hybridized carbons (Fsp3) is 0.571. The Labute approximate surface area is 87.7 Å². The van der Waals surface area contributed by atoms with Crippen LogP contribution in [0.5, 0.6) is 0 Å². The van der Waals surface area contributed by atoms with E-state index in [9.17, 15) is 8.42 Å². The van der Waals surface area contributed by atoms with Crippen LogP contribution in [-0.2, 0) is 16.6 Å². The second-order valence-corrected chi connectivity index (χ2v) is 5.38. The molecule has 1 aromatic rings. The van der Waals surface area contributed by atoms with E-state index in [0.717, 1.165) is 18.7 Å². The SMILES string of the molecule is CSCCCn1cc(S(N)(=O)=O)cn1. The molecule has 0 saturated carbocycles. The van der Waals surface area contributed by atoms with Gasteiger partial charge in [0.05, 0.1) is 6.20 Å². The van der Waals surface area contributed by atoms with Gasteiger partial charge in [-0.1, -0.05) is 0 Å².